The molecule has 2 aromatic rings. The lowest BCUT2D eigenvalue weighted by molar-refractivity contribution is -0.384. The van der Waals surface area contributed by atoms with Crippen LogP contribution in [0.4, 0.5) is 5.69 Å². The molecule has 8 nitrogen and oxygen atoms in total. The normalized spacial score (nSPS) is 10.3. The number of hydrogen-bond acceptors (Lipinski definition) is 7. The lowest BCUT2D eigenvalue weighted by Gasteiger charge is -1.97. The number of halogens is 1. The van der Waals surface area contributed by atoms with E-state index in [-0.39, 0.29) is 34.6 Å². The molecule has 1 aromatic heterocycles. The Labute approximate surface area is 117 Å². The van der Waals surface area contributed by atoms with E-state index in [0.717, 1.165) is 0 Å². The van der Waals surface area contributed by atoms with Gasteiger partial charge in [0.25, 0.3) is 17.4 Å². The highest BCUT2D eigenvalue weighted by molar-refractivity contribution is 6.31. The average Bonchev–Trinajstić information content (AvgIpc) is 2.88. The third-order valence-electron chi connectivity index (χ3n) is 2.22. The first kappa shape index (κ1) is 13.9. The Hall–Kier alpha value is -2.48. The van der Waals surface area contributed by atoms with Gasteiger partial charge in [-0.05, 0) is 18.1 Å². The van der Waals surface area contributed by atoms with E-state index in [4.69, 9.17) is 20.9 Å². The molecule has 0 radical (unpaired) electrons. The van der Waals surface area contributed by atoms with Gasteiger partial charge >= 0.3 is 5.97 Å². The van der Waals surface area contributed by atoms with Crippen molar-refractivity contribution in [2.75, 3.05) is 6.61 Å². The zero-order chi connectivity index (χ0) is 14.7. The molecule has 0 aliphatic rings. The molecule has 0 aliphatic heterocycles. The molecule has 2 rings (SSSR count). The number of carbonyl (C=O) groups is 1. The third-order valence-corrected chi connectivity index (χ3v) is 2.44. The first-order valence-electron chi connectivity index (χ1n) is 5.47. The standard InChI is InChI=1S/C11H8ClN3O5/c1-2-19-11(16)9-13-10(20-14-9)6-3-7(12)5-8(4-6)15(17)18/h3-5H,2H2,1H3. The first-order valence-corrected chi connectivity index (χ1v) is 5.85. The first-order chi connectivity index (χ1) is 9.51. The summed E-state index contributed by atoms with van der Waals surface area (Å²) in [5, 5.41) is 14.3. The largest absolute Gasteiger partial charge is 0.460 e. The number of nitro benzene ring substituents is 1. The summed E-state index contributed by atoms with van der Waals surface area (Å²) >= 11 is 5.78. The van der Waals surface area contributed by atoms with E-state index < -0.39 is 10.9 Å². The maximum Gasteiger partial charge on any atom is 0.379 e. The van der Waals surface area contributed by atoms with E-state index in [1.165, 1.54) is 18.2 Å². The van der Waals surface area contributed by atoms with Crippen molar-refractivity contribution in [2.24, 2.45) is 0 Å². The van der Waals surface area contributed by atoms with Crippen LogP contribution >= 0.6 is 11.6 Å². The van der Waals surface area contributed by atoms with E-state index in [9.17, 15) is 14.9 Å². The third kappa shape index (κ3) is 2.91. The summed E-state index contributed by atoms with van der Waals surface area (Å²) in [6, 6.07) is 3.82. The van der Waals surface area contributed by atoms with Crippen LogP contribution in [0.5, 0.6) is 0 Å². The van der Waals surface area contributed by atoms with Crippen LogP contribution in [-0.4, -0.2) is 27.6 Å². The van der Waals surface area contributed by atoms with E-state index in [2.05, 4.69) is 10.1 Å². The van der Waals surface area contributed by atoms with Crippen molar-refractivity contribution >= 4 is 23.3 Å². The highest BCUT2D eigenvalue weighted by atomic mass is 35.5. The molecular weight excluding hydrogens is 290 g/mol. The van der Waals surface area contributed by atoms with Gasteiger partial charge in [0, 0.05) is 22.7 Å². The van der Waals surface area contributed by atoms with E-state index >= 15 is 0 Å². The number of nitro groups is 1. The maximum absolute atomic E-state index is 11.4. The smallest absolute Gasteiger partial charge is 0.379 e. The van der Waals surface area contributed by atoms with Crippen LogP contribution in [0.3, 0.4) is 0 Å². The Bertz CT molecular complexity index is 670. The molecule has 0 amide bonds. The molecule has 0 bridgehead atoms. The molecule has 0 N–H and O–H groups in total. The zero-order valence-corrected chi connectivity index (χ0v) is 11.0. The number of non-ortho nitro benzene ring substituents is 1. The fraction of sp³-hybridized carbons (Fsp3) is 0.182. The fourth-order valence-electron chi connectivity index (χ4n) is 1.42. The number of esters is 1. The van der Waals surface area contributed by atoms with Gasteiger partial charge in [-0.1, -0.05) is 11.6 Å². The van der Waals surface area contributed by atoms with Gasteiger partial charge in [-0.15, -0.1) is 0 Å². The number of hydrogen-bond donors (Lipinski definition) is 0. The Balaban J connectivity index is 2.37. The summed E-state index contributed by atoms with van der Waals surface area (Å²) in [5.41, 5.74) is 0.0237. The predicted molar refractivity (Wildman–Crippen MR) is 67.4 cm³/mol. The second-order valence-electron chi connectivity index (χ2n) is 3.60. The van der Waals surface area contributed by atoms with Gasteiger partial charge in [0.15, 0.2) is 0 Å². The number of nitrogens with zero attached hydrogens (tertiary/aromatic N) is 3. The zero-order valence-electron chi connectivity index (χ0n) is 10.2. The van der Waals surface area contributed by atoms with Gasteiger partial charge in [0.1, 0.15) is 0 Å². The molecule has 0 saturated heterocycles. The van der Waals surface area contributed by atoms with Gasteiger partial charge in [-0.2, -0.15) is 4.98 Å². The van der Waals surface area contributed by atoms with Crippen LogP contribution in [0, 0.1) is 10.1 Å². The van der Waals surface area contributed by atoms with Crippen molar-refractivity contribution in [1.82, 2.24) is 10.1 Å². The summed E-state index contributed by atoms with van der Waals surface area (Å²) < 4.78 is 9.57. The molecule has 0 aliphatic carbocycles. The van der Waals surface area contributed by atoms with Gasteiger partial charge in [0.05, 0.1) is 11.5 Å². The number of carbonyl (C=O) groups excluding carboxylic acids is 1. The average molecular weight is 298 g/mol. The summed E-state index contributed by atoms with van der Waals surface area (Å²) in [7, 11) is 0. The van der Waals surface area contributed by atoms with Crippen LogP contribution < -0.4 is 0 Å². The molecule has 9 heteroatoms. The lowest BCUT2D eigenvalue weighted by Crippen LogP contribution is -2.06. The van der Waals surface area contributed by atoms with Crippen LogP contribution in [0.2, 0.25) is 5.02 Å². The van der Waals surface area contributed by atoms with E-state index in [1.807, 2.05) is 0 Å². The molecule has 20 heavy (non-hydrogen) atoms. The number of rotatable bonds is 4. The van der Waals surface area contributed by atoms with Crippen molar-refractivity contribution in [3.05, 3.63) is 39.2 Å². The second-order valence-corrected chi connectivity index (χ2v) is 4.04. The van der Waals surface area contributed by atoms with Crippen molar-refractivity contribution in [2.45, 2.75) is 6.92 Å². The summed E-state index contributed by atoms with van der Waals surface area (Å²) in [6.07, 6.45) is 0. The fourth-order valence-corrected chi connectivity index (χ4v) is 1.65. The van der Waals surface area contributed by atoms with Gasteiger partial charge in [-0.25, -0.2) is 4.79 Å². The molecule has 0 unspecified atom stereocenters. The number of aromatic nitrogens is 2. The Kier molecular flexibility index (Phi) is 3.94. The number of ether oxygens (including phenoxy) is 1. The maximum atomic E-state index is 11.4. The Morgan fingerprint density at radius 1 is 1.50 bits per heavy atom. The Morgan fingerprint density at radius 3 is 2.90 bits per heavy atom. The van der Waals surface area contributed by atoms with Gasteiger partial charge in [0.2, 0.25) is 0 Å². The second kappa shape index (κ2) is 5.66. The molecule has 0 saturated carbocycles. The summed E-state index contributed by atoms with van der Waals surface area (Å²) in [4.78, 5) is 25.3. The monoisotopic (exact) mass is 297 g/mol. The highest BCUT2D eigenvalue weighted by Crippen LogP contribution is 2.27. The van der Waals surface area contributed by atoms with E-state index in [0.29, 0.717) is 0 Å². The Morgan fingerprint density at radius 2 is 2.25 bits per heavy atom. The SMILES string of the molecule is CCOC(=O)c1noc(-c2cc(Cl)cc([N+](=O)[O-])c2)n1. The minimum absolute atomic E-state index is 0.0568. The molecular formula is C11H8ClN3O5. The van der Waals surface area contributed by atoms with Crippen molar-refractivity contribution in [1.29, 1.82) is 0 Å². The van der Waals surface area contributed by atoms with Crippen LogP contribution in [0.15, 0.2) is 22.7 Å². The van der Waals surface area contributed by atoms with E-state index in [1.54, 1.807) is 6.92 Å². The molecule has 1 aromatic carbocycles. The van der Waals surface area contributed by atoms with Crippen LogP contribution in [0.25, 0.3) is 11.5 Å². The summed E-state index contributed by atoms with van der Waals surface area (Å²) in [6.45, 7) is 1.81. The number of benzene rings is 1. The minimum Gasteiger partial charge on any atom is -0.460 e. The molecule has 0 fully saturated rings. The van der Waals surface area contributed by atoms with Crippen molar-refractivity contribution in [3.8, 4) is 11.5 Å². The molecule has 0 spiro atoms. The molecule has 1 heterocycles. The van der Waals surface area contributed by atoms with Crippen molar-refractivity contribution < 1.29 is 19.0 Å². The highest BCUT2D eigenvalue weighted by Gasteiger charge is 2.19. The van der Waals surface area contributed by atoms with Gasteiger partial charge < -0.3 is 9.26 Å². The van der Waals surface area contributed by atoms with Crippen LogP contribution in [-0.2, 0) is 4.74 Å². The molecule has 104 valence electrons. The summed E-state index contributed by atoms with van der Waals surface area (Å²) in [5.74, 6) is -1.05. The molecule has 0 atom stereocenters. The quantitative estimate of drug-likeness (QED) is 0.484. The lowest BCUT2D eigenvalue weighted by atomic mass is 10.2. The van der Waals surface area contributed by atoms with Crippen molar-refractivity contribution in [3.63, 3.8) is 0 Å². The topological polar surface area (TPSA) is 108 Å². The predicted octanol–water partition coefficient (Wildman–Crippen LogP) is 2.47. The minimum atomic E-state index is -0.737. The van der Waals surface area contributed by atoms with Gasteiger partial charge in [-0.3, -0.25) is 10.1 Å². The van der Waals surface area contributed by atoms with Crippen LogP contribution in [0.1, 0.15) is 17.5 Å².